The lowest BCUT2D eigenvalue weighted by Crippen LogP contribution is -2.33. The molecule has 2 N–H and O–H groups in total. The highest BCUT2D eigenvalue weighted by molar-refractivity contribution is 9.10. The van der Waals surface area contributed by atoms with Crippen LogP contribution in [-0.4, -0.2) is 24.1 Å². The quantitative estimate of drug-likeness (QED) is 0.805. The van der Waals surface area contributed by atoms with Crippen molar-refractivity contribution in [3.63, 3.8) is 0 Å². The Kier molecular flexibility index (Phi) is 8.10. The number of nitrogens with two attached hydrogens (primary N) is 1. The predicted octanol–water partition coefficient (Wildman–Crippen LogP) is 3.02. The molecule has 0 spiro atoms. The molecule has 21 heavy (non-hydrogen) atoms. The zero-order chi connectivity index (χ0) is 14.0. The SMILES string of the molecule is COC(=O)[C@@H](N)Cc1cc(F)c(Br)c2ncccc12.Cl.Cl. The number of esters is 1. The van der Waals surface area contributed by atoms with Gasteiger partial charge in [0.05, 0.1) is 17.1 Å². The molecule has 0 aliphatic heterocycles. The molecular formula is C13H14BrCl2FN2O2. The monoisotopic (exact) mass is 398 g/mol. The van der Waals surface area contributed by atoms with E-state index in [4.69, 9.17) is 5.73 Å². The van der Waals surface area contributed by atoms with Gasteiger partial charge in [0.25, 0.3) is 0 Å². The molecule has 0 saturated carbocycles. The number of ether oxygens (including phenoxy) is 1. The van der Waals surface area contributed by atoms with E-state index in [2.05, 4.69) is 25.7 Å². The number of halogens is 4. The average molecular weight is 400 g/mol. The molecule has 1 heterocycles. The molecule has 0 fully saturated rings. The molecule has 0 radical (unpaired) electrons. The summed E-state index contributed by atoms with van der Waals surface area (Å²) >= 11 is 3.16. The van der Waals surface area contributed by atoms with E-state index in [0.717, 1.165) is 5.39 Å². The fraction of sp³-hybridized carbons (Fsp3) is 0.231. The number of benzene rings is 1. The van der Waals surface area contributed by atoms with Crippen molar-refractivity contribution in [2.75, 3.05) is 7.11 Å². The zero-order valence-electron chi connectivity index (χ0n) is 11.0. The molecule has 1 aromatic heterocycles. The molecule has 0 unspecified atom stereocenters. The molecule has 0 aliphatic rings. The van der Waals surface area contributed by atoms with Crippen molar-refractivity contribution in [2.24, 2.45) is 5.73 Å². The molecule has 2 rings (SSSR count). The van der Waals surface area contributed by atoms with Crippen molar-refractivity contribution < 1.29 is 13.9 Å². The van der Waals surface area contributed by atoms with Crippen LogP contribution < -0.4 is 5.73 Å². The smallest absolute Gasteiger partial charge is 0.322 e. The first-order valence-corrected chi connectivity index (χ1v) is 6.39. The Morgan fingerprint density at radius 3 is 2.81 bits per heavy atom. The third-order valence-corrected chi connectivity index (χ3v) is 3.57. The van der Waals surface area contributed by atoms with Gasteiger partial charge in [-0.1, -0.05) is 6.07 Å². The first-order chi connectivity index (χ1) is 9.04. The Bertz CT molecular complexity index is 643. The fourth-order valence-electron chi connectivity index (χ4n) is 1.89. The van der Waals surface area contributed by atoms with Gasteiger partial charge in [-0.25, -0.2) is 4.39 Å². The molecule has 116 valence electrons. The highest BCUT2D eigenvalue weighted by atomic mass is 79.9. The van der Waals surface area contributed by atoms with Crippen LogP contribution in [0.3, 0.4) is 0 Å². The molecule has 1 aromatic carbocycles. The Hall–Kier alpha value is -0.950. The summed E-state index contributed by atoms with van der Waals surface area (Å²) in [6, 6.07) is 4.09. The topological polar surface area (TPSA) is 65.2 Å². The number of hydrogen-bond donors (Lipinski definition) is 1. The van der Waals surface area contributed by atoms with Gasteiger partial charge in [-0.3, -0.25) is 9.78 Å². The normalized spacial score (nSPS) is 11.2. The van der Waals surface area contributed by atoms with Gasteiger partial charge in [0.15, 0.2) is 0 Å². The van der Waals surface area contributed by atoms with Gasteiger partial charge in [0.2, 0.25) is 0 Å². The molecule has 0 bridgehead atoms. The summed E-state index contributed by atoms with van der Waals surface area (Å²) in [5.41, 5.74) is 6.85. The summed E-state index contributed by atoms with van der Waals surface area (Å²) in [4.78, 5) is 15.5. The largest absolute Gasteiger partial charge is 0.468 e. The van der Waals surface area contributed by atoms with Gasteiger partial charge in [0, 0.05) is 11.6 Å². The third kappa shape index (κ3) is 4.26. The minimum absolute atomic E-state index is 0. The van der Waals surface area contributed by atoms with Crippen molar-refractivity contribution in [3.8, 4) is 0 Å². The zero-order valence-corrected chi connectivity index (χ0v) is 14.2. The number of carbonyl (C=O) groups excluding carboxylic acids is 1. The van der Waals surface area contributed by atoms with Crippen molar-refractivity contribution in [1.29, 1.82) is 0 Å². The Morgan fingerprint density at radius 2 is 2.19 bits per heavy atom. The first-order valence-electron chi connectivity index (χ1n) is 5.59. The molecule has 8 heteroatoms. The molecular weight excluding hydrogens is 386 g/mol. The number of rotatable bonds is 3. The number of aromatic nitrogens is 1. The standard InChI is InChI=1S/C13H12BrFN2O2.2ClH/c1-19-13(18)10(16)6-7-5-9(15)11(14)12-8(7)3-2-4-17-12;;/h2-5,10H,6,16H2,1H3;2*1H/t10-;;/m0../s1. The van der Waals surface area contributed by atoms with Crippen LogP contribution in [-0.2, 0) is 16.0 Å². The average Bonchev–Trinajstić information content (AvgIpc) is 2.43. The van der Waals surface area contributed by atoms with Gasteiger partial charge < -0.3 is 10.5 Å². The van der Waals surface area contributed by atoms with Crippen LogP contribution >= 0.6 is 40.7 Å². The van der Waals surface area contributed by atoms with Crippen LogP contribution in [0.4, 0.5) is 4.39 Å². The van der Waals surface area contributed by atoms with E-state index in [1.807, 2.05) is 6.07 Å². The highest BCUT2D eigenvalue weighted by Crippen LogP contribution is 2.28. The van der Waals surface area contributed by atoms with E-state index in [-0.39, 0.29) is 31.2 Å². The minimum Gasteiger partial charge on any atom is -0.468 e. The van der Waals surface area contributed by atoms with Crippen molar-refractivity contribution >= 4 is 57.6 Å². The van der Waals surface area contributed by atoms with Crippen molar-refractivity contribution in [2.45, 2.75) is 12.5 Å². The molecule has 0 saturated heterocycles. The van der Waals surface area contributed by atoms with Gasteiger partial charge in [-0.05, 0) is 40.0 Å². The Morgan fingerprint density at radius 1 is 1.52 bits per heavy atom. The van der Waals surface area contributed by atoms with Gasteiger partial charge >= 0.3 is 5.97 Å². The van der Waals surface area contributed by atoms with Crippen LogP contribution in [0.2, 0.25) is 0 Å². The third-order valence-electron chi connectivity index (χ3n) is 2.82. The highest BCUT2D eigenvalue weighted by Gasteiger charge is 2.18. The second-order valence-corrected chi connectivity index (χ2v) is 4.86. The van der Waals surface area contributed by atoms with Crippen LogP contribution in [0.25, 0.3) is 10.9 Å². The molecule has 0 amide bonds. The Labute approximate surface area is 142 Å². The maximum atomic E-state index is 13.8. The van der Waals surface area contributed by atoms with Crippen LogP contribution in [0, 0.1) is 5.82 Å². The first kappa shape index (κ1) is 20.1. The second kappa shape index (κ2) is 8.48. The van der Waals surface area contributed by atoms with E-state index in [9.17, 15) is 9.18 Å². The van der Waals surface area contributed by atoms with Crippen LogP contribution in [0.5, 0.6) is 0 Å². The van der Waals surface area contributed by atoms with E-state index in [0.29, 0.717) is 15.6 Å². The van der Waals surface area contributed by atoms with Gasteiger partial charge in [-0.2, -0.15) is 0 Å². The number of pyridine rings is 1. The summed E-state index contributed by atoms with van der Waals surface area (Å²) in [7, 11) is 1.27. The predicted molar refractivity (Wildman–Crippen MR) is 87.6 cm³/mol. The van der Waals surface area contributed by atoms with Crippen LogP contribution in [0.1, 0.15) is 5.56 Å². The number of nitrogens with zero attached hydrogens (tertiary/aromatic N) is 1. The van der Waals surface area contributed by atoms with E-state index in [1.54, 1.807) is 12.3 Å². The molecule has 4 nitrogen and oxygen atoms in total. The maximum absolute atomic E-state index is 13.8. The number of methoxy groups -OCH3 is 1. The van der Waals surface area contributed by atoms with Crippen molar-refractivity contribution in [1.82, 2.24) is 4.98 Å². The summed E-state index contributed by atoms with van der Waals surface area (Å²) in [6.07, 6.45) is 1.77. The lowest BCUT2D eigenvalue weighted by atomic mass is 10.0. The number of carbonyl (C=O) groups is 1. The van der Waals surface area contributed by atoms with E-state index >= 15 is 0 Å². The molecule has 2 aromatic rings. The summed E-state index contributed by atoms with van der Waals surface area (Å²) < 4.78 is 18.7. The lowest BCUT2D eigenvalue weighted by Gasteiger charge is -2.12. The summed E-state index contributed by atoms with van der Waals surface area (Å²) in [5.74, 6) is -0.960. The fourth-order valence-corrected chi connectivity index (χ4v) is 2.32. The van der Waals surface area contributed by atoms with Crippen molar-refractivity contribution in [3.05, 3.63) is 40.2 Å². The van der Waals surface area contributed by atoms with E-state index in [1.165, 1.54) is 13.2 Å². The lowest BCUT2D eigenvalue weighted by molar-refractivity contribution is -0.142. The summed E-state index contributed by atoms with van der Waals surface area (Å²) in [5, 5.41) is 0.759. The second-order valence-electron chi connectivity index (χ2n) is 4.06. The minimum atomic E-state index is -0.825. The number of fused-ring (bicyclic) bond motifs is 1. The van der Waals surface area contributed by atoms with E-state index < -0.39 is 17.8 Å². The summed E-state index contributed by atoms with van der Waals surface area (Å²) in [6.45, 7) is 0. The van der Waals surface area contributed by atoms with Crippen LogP contribution in [0.15, 0.2) is 28.9 Å². The van der Waals surface area contributed by atoms with Gasteiger partial charge in [-0.15, -0.1) is 24.8 Å². The Balaban J connectivity index is 0.00000200. The molecule has 1 atom stereocenters. The number of hydrogen-bond acceptors (Lipinski definition) is 4. The maximum Gasteiger partial charge on any atom is 0.322 e. The molecule has 0 aliphatic carbocycles. The van der Waals surface area contributed by atoms with Gasteiger partial charge in [0.1, 0.15) is 11.9 Å².